The third-order valence-corrected chi connectivity index (χ3v) is 6.89. The minimum atomic E-state index is -1.71. The normalized spacial score (nSPS) is 17.0. The highest BCUT2D eigenvalue weighted by Gasteiger charge is 2.30. The number of hydrogen-bond acceptors (Lipinski definition) is 9. The smallest absolute Gasteiger partial charge is 0.454 e. The van der Waals surface area contributed by atoms with Crippen LogP contribution in [0, 0.1) is 11.3 Å². The first-order chi connectivity index (χ1) is 19.7. The Bertz CT molecular complexity index is 1410. The molecule has 0 bridgehead atoms. The molecule has 0 saturated carbocycles. The van der Waals surface area contributed by atoms with Crippen LogP contribution in [0.5, 0.6) is 0 Å². The number of nitrogens with zero attached hydrogens (tertiary/aromatic N) is 3. The zero-order valence-electron chi connectivity index (χ0n) is 23.0. The van der Waals surface area contributed by atoms with Crippen LogP contribution in [0.4, 0.5) is 4.79 Å². The molecule has 0 unspecified atom stereocenters. The van der Waals surface area contributed by atoms with E-state index in [1.165, 1.54) is 17.4 Å². The zero-order chi connectivity index (χ0) is 29.4. The quantitative estimate of drug-likeness (QED) is 0.239. The number of hydrogen-bond donors (Lipinski definition) is 3. The lowest BCUT2D eigenvalue weighted by Crippen LogP contribution is -2.49. The number of furan rings is 1. The summed E-state index contributed by atoms with van der Waals surface area (Å²) in [6.07, 6.45) is 10.2. The maximum atomic E-state index is 13.5. The Morgan fingerprint density at radius 2 is 1.98 bits per heavy atom. The third-order valence-electron chi connectivity index (χ3n) is 6.89. The molecule has 3 N–H and O–H groups in total. The van der Waals surface area contributed by atoms with Gasteiger partial charge in [0.15, 0.2) is 0 Å². The molecule has 1 aromatic heterocycles. The Kier molecular flexibility index (Phi) is 9.80. The van der Waals surface area contributed by atoms with E-state index in [4.69, 9.17) is 13.9 Å². The molecule has 2 aliphatic heterocycles. The predicted molar refractivity (Wildman–Crippen MR) is 152 cm³/mol. The summed E-state index contributed by atoms with van der Waals surface area (Å²) >= 11 is 0. The molecule has 0 spiro atoms. The molecule has 41 heavy (non-hydrogen) atoms. The minimum absolute atomic E-state index is 0.0508. The topological polar surface area (TPSA) is 149 Å². The number of amides is 2. The summed E-state index contributed by atoms with van der Waals surface area (Å²) < 4.78 is 16.5. The van der Waals surface area contributed by atoms with Gasteiger partial charge < -0.3 is 29.3 Å². The van der Waals surface area contributed by atoms with E-state index in [0.29, 0.717) is 43.1 Å². The van der Waals surface area contributed by atoms with Crippen LogP contribution in [-0.2, 0) is 14.3 Å². The molecular formula is C29H33BN4O7. The van der Waals surface area contributed by atoms with Crippen LogP contribution in [0.2, 0.25) is 6.32 Å². The SMILES string of the molecule is CC(C)(C=C(C#N)C(=O)N1C=CC=CC=C1COC(=O)N[C@H](CB(O)O)c1occ2ccccc12)N1CCOCC1. The van der Waals surface area contributed by atoms with Gasteiger partial charge in [-0.25, -0.2) is 4.79 Å². The molecule has 214 valence electrons. The second-order valence-electron chi connectivity index (χ2n) is 10.2. The van der Waals surface area contributed by atoms with E-state index in [-0.39, 0.29) is 18.5 Å². The van der Waals surface area contributed by atoms with Crippen molar-refractivity contribution in [2.75, 3.05) is 32.9 Å². The van der Waals surface area contributed by atoms with Crippen molar-refractivity contribution >= 4 is 29.9 Å². The summed E-state index contributed by atoms with van der Waals surface area (Å²) in [6, 6.07) is 8.43. The number of fused-ring (bicyclic) bond motifs is 1. The molecule has 2 amide bonds. The molecule has 11 nitrogen and oxygen atoms in total. The molecule has 1 aromatic carbocycles. The fourth-order valence-corrected chi connectivity index (χ4v) is 4.76. The largest absolute Gasteiger partial charge is 0.466 e. The van der Waals surface area contributed by atoms with Crippen LogP contribution in [0.3, 0.4) is 0 Å². The van der Waals surface area contributed by atoms with E-state index in [1.807, 2.05) is 38.1 Å². The number of morpholine rings is 1. The van der Waals surface area contributed by atoms with Crippen molar-refractivity contribution in [2.45, 2.75) is 31.7 Å². The number of carbonyl (C=O) groups is 2. The highest BCUT2D eigenvalue weighted by Crippen LogP contribution is 2.29. The molecule has 3 heterocycles. The van der Waals surface area contributed by atoms with Gasteiger partial charge in [0.1, 0.15) is 24.0 Å². The van der Waals surface area contributed by atoms with Crippen molar-refractivity contribution in [3.05, 3.63) is 84.1 Å². The fourth-order valence-electron chi connectivity index (χ4n) is 4.76. The molecule has 2 aromatic rings. The van der Waals surface area contributed by atoms with Gasteiger partial charge in [-0.1, -0.05) is 36.4 Å². The Labute approximate surface area is 238 Å². The first kappa shape index (κ1) is 29.8. The van der Waals surface area contributed by atoms with Gasteiger partial charge in [-0.2, -0.15) is 5.26 Å². The second-order valence-corrected chi connectivity index (χ2v) is 10.2. The Balaban J connectivity index is 1.47. The maximum absolute atomic E-state index is 13.5. The standard InChI is InChI=1S/C29H33BN4O7/c1-29(2,33-12-14-39-15-13-33)16-22(18-31)27(35)34-11-7-3-4-9-23(34)20-41-28(36)32-25(17-30(37)38)26-24-10-6-5-8-21(24)19-40-26/h3-11,16,19,25,37-38H,12-15,17,20H2,1-2H3,(H,32,36)/t25-/m1/s1. The van der Waals surface area contributed by atoms with Crippen molar-refractivity contribution < 1.29 is 33.5 Å². The lowest BCUT2D eigenvalue weighted by Gasteiger charge is -2.39. The van der Waals surface area contributed by atoms with Crippen molar-refractivity contribution in [3.8, 4) is 6.07 Å². The highest BCUT2D eigenvalue weighted by atomic mass is 16.5. The maximum Gasteiger partial charge on any atom is 0.454 e. The number of benzene rings is 1. The van der Waals surface area contributed by atoms with Gasteiger partial charge in [0.2, 0.25) is 0 Å². The van der Waals surface area contributed by atoms with Crippen LogP contribution in [0.1, 0.15) is 25.6 Å². The van der Waals surface area contributed by atoms with Crippen LogP contribution in [-0.4, -0.2) is 77.4 Å². The number of nitrogens with one attached hydrogen (secondary N) is 1. The molecule has 1 atom stereocenters. The summed E-state index contributed by atoms with van der Waals surface area (Å²) in [7, 11) is -1.71. The van der Waals surface area contributed by atoms with E-state index >= 15 is 0 Å². The van der Waals surface area contributed by atoms with Crippen LogP contribution in [0.25, 0.3) is 10.8 Å². The second kappa shape index (κ2) is 13.5. The van der Waals surface area contributed by atoms with E-state index < -0.39 is 30.7 Å². The van der Waals surface area contributed by atoms with Gasteiger partial charge in [-0.3, -0.25) is 14.6 Å². The van der Waals surface area contributed by atoms with Crippen LogP contribution in [0.15, 0.2) is 82.8 Å². The Morgan fingerprint density at radius 3 is 2.71 bits per heavy atom. The first-order valence-corrected chi connectivity index (χ1v) is 13.3. The molecule has 0 aliphatic carbocycles. The zero-order valence-corrected chi connectivity index (χ0v) is 23.0. The first-order valence-electron chi connectivity index (χ1n) is 13.3. The monoisotopic (exact) mass is 560 g/mol. The van der Waals surface area contributed by atoms with Gasteiger partial charge in [0.25, 0.3) is 5.91 Å². The number of alkyl carbamates (subject to hydrolysis) is 1. The molecular weight excluding hydrogens is 527 g/mol. The van der Waals surface area contributed by atoms with E-state index in [0.717, 1.165) is 5.39 Å². The number of ether oxygens (including phenoxy) is 2. The van der Waals surface area contributed by atoms with E-state index in [1.54, 1.807) is 36.4 Å². The number of carbonyl (C=O) groups excluding carboxylic acids is 2. The number of rotatable bonds is 9. The van der Waals surface area contributed by atoms with Gasteiger partial charge >= 0.3 is 13.2 Å². The average molecular weight is 560 g/mol. The van der Waals surface area contributed by atoms with E-state index in [9.17, 15) is 24.9 Å². The number of nitriles is 1. The molecule has 4 rings (SSSR count). The van der Waals surface area contributed by atoms with Gasteiger partial charge in [0.05, 0.1) is 31.2 Å². The summed E-state index contributed by atoms with van der Waals surface area (Å²) in [4.78, 5) is 29.8. The molecule has 12 heteroatoms. The highest BCUT2D eigenvalue weighted by molar-refractivity contribution is 6.41. The average Bonchev–Trinajstić information content (AvgIpc) is 3.25. The van der Waals surface area contributed by atoms with Crippen LogP contribution < -0.4 is 5.32 Å². The summed E-state index contributed by atoms with van der Waals surface area (Å²) in [5.41, 5.74) is -0.297. The summed E-state index contributed by atoms with van der Waals surface area (Å²) in [6.45, 7) is 6.09. The van der Waals surface area contributed by atoms with Gasteiger partial charge in [-0.15, -0.1) is 0 Å². The summed E-state index contributed by atoms with van der Waals surface area (Å²) in [5, 5.41) is 33.3. The molecule has 2 aliphatic rings. The lowest BCUT2D eigenvalue weighted by atomic mass is 9.80. The van der Waals surface area contributed by atoms with E-state index in [2.05, 4.69) is 10.2 Å². The van der Waals surface area contributed by atoms with Crippen molar-refractivity contribution in [2.24, 2.45) is 0 Å². The fraction of sp³-hybridized carbons (Fsp3) is 0.345. The van der Waals surface area contributed by atoms with Crippen molar-refractivity contribution in [1.82, 2.24) is 15.1 Å². The van der Waals surface area contributed by atoms with Gasteiger partial charge in [-0.05, 0) is 32.1 Å². The predicted octanol–water partition coefficient (Wildman–Crippen LogP) is 3.03. The number of allylic oxidation sites excluding steroid dienone is 4. The van der Waals surface area contributed by atoms with Gasteiger partial charge in [0, 0.05) is 41.9 Å². The minimum Gasteiger partial charge on any atom is -0.466 e. The molecule has 1 fully saturated rings. The lowest BCUT2D eigenvalue weighted by molar-refractivity contribution is -0.123. The molecule has 0 radical (unpaired) electrons. The van der Waals surface area contributed by atoms with Crippen molar-refractivity contribution in [1.29, 1.82) is 5.26 Å². The van der Waals surface area contributed by atoms with Crippen LogP contribution >= 0.6 is 0 Å². The molecule has 1 saturated heterocycles. The Hall–Kier alpha value is -4.15. The van der Waals surface area contributed by atoms with Crippen molar-refractivity contribution in [3.63, 3.8) is 0 Å². The third kappa shape index (κ3) is 7.53. The summed E-state index contributed by atoms with van der Waals surface area (Å²) in [5.74, 6) is -0.207. The Morgan fingerprint density at radius 1 is 1.22 bits per heavy atom.